The van der Waals surface area contributed by atoms with Crippen LogP contribution in [0.25, 0.3) is 5.65 Å². The molecule has 3 rings (SSSR count). The molecular formula is C10H12BrN5. The Kier molecular flexibility index (Phi) is 2.33. The third-order valence-electron chi connectivity index (χ3n) is 2.81. The van der Waals surface area contributed by atoms with Gasteiger partial charge in [0.2, 0.25) is 5.95 Å². The van der Waals surface area contributed by atoms with Gasteiger partial charge in [-0.05, 0) is 34.5 Å². The van der Waals surface area contributed by atoms with E-state index in [1.807, 2.05) is 18.3 Å². The maximum Gasteiger partial charge on any atom is 0.245 e. The van der Waals surface area contributed by atoms with Gasteiger partial charge in [-0.1, -0.05) is 0 Å². The first-order chi connectivity index (χ1) is 7.74. The summed E-state index contributed by atoms with van der Waals surface area (Å²) >= 11 is 3.46. The molecule has 2 N–H and O–H groups in total. The molecule has 1 fully saturated rings. The van der Waals surface area contributed by atoms with E-state index in [0.717, 1.165) is 35.6 Å². The molecule has 2 aromatic heterocycles. The van der Waals surface area contributed by atoms with Crippen LogP contribution in [0, 0.1) is 0 Å². The van der Waals surface area contributed by atoms with Crippen LogP contribution in [0.3, 0.4) is 0 Å². The van der Waals surface area contributed by atoms with E-state index in [1.165, 1.54) is 0 Å². The minimum atomic E-state index is 0.245. The van der Waals surface area contributed by atoms with Crippen LogP contribution in [0.1, 0.15) is 6.42 Å². The molecule has 3 heterocycles. The van der Waals surface area contributed by atoms with Gasteiger partial charge in [0.05, 0.1) is 4.47 Å². The number of hydrogen-bond donors (Lipinski definition) is 1. The fraction of sp³-hybridized carbons (Fsp3) is 0.400. The van der Waals surface area contributed by atoms with Crippen LogP contribution in [0.15, 0.2) is 22.8 Å². The van der Waals surface area contributed by atoms with Crippen LogP contribution in [-0.2, 0) is 0 Å². The molecule has 1 saturated heterocycles. The van der Waals surface area contributed by atoms with Crippen molar-refractivity contribution in [3.05, 3.63) is 22.8 Å². The summed E-state index contributed by atoms with van der Waals surface area (Å²) in [6, 6.07) is 4.14. The van der Waals surface area contributed by atoms with E-state index in [4.69, 9.17) is 5.73 Å². The normalized spacial score (nSPS) is 20.9. The van der Waals surface area contributed by atoms with Gasteiger partial charge in [0.15, 0.2) is 5.65 Å². The Balaban J connectivity index is 2.02. The second kappa shape index (κ2) is 3.71. The van der Waals surface area contributed by atoms with Gasteiger partial charge >= 0.3 is 0 Å². The summed E-state index contributed by atoms with van der Waals surface area (Å²) in [5.41, 5.74) is 6.72. The predicted molar refractivity (Wildman–Crippen MR) is 65.5 cm³/mol. The third-order valence-corrected chi connectivity index (χ3v) is 3.43. The molecule has 2 aromatic rings. The lowest BCUT2D eigenvalue weighted by Gasteiger charge is -2.11. The standard InChI is InChI=1S/C10H12BrN5/c11-8-2-1-4-16-9(8)13-10(14-16)15-5-3-7(12)6-15/h1-2,4,7H,3,5-6,12H2. The Morgan fingerprint density at radius 2 is 2.38 bits per heavy atom. The molecule has 0 spiro atoms. The molecule has 0 aliphatic carbocycles. The second-order valence-electron chi connectivity index (χ2n) is 4.03. The van der Waals surface area contributed by atoms with Crippen molar-refractivity contribution in [2.75, 3.05) is 18.0 Å². The van der Waals surface area contributed by atoms with Gasteiger partial charge in [0.1, 0.15) is 0 Å². The van der Waals surface area contributed by atoms with Crippen molar-refractivity contribution in [3.63, 3.8) is 0 Å². The number of halogens is 1. The highest BCUT2D eigenvalue weighted by Gasteiger charge is 2.22. The molecule has 16 heavy (non-hydrogen) atoms. The first kappa shape index (κ1) is 10.0. The molecule has 0 bridgehead atoms. The lowest BCUT2D eigenvalue weighted by atomic mass is 10.3. The van der Waals surface area contributed by atoms with Gasteiger partial charge in [-0.15, -0.1) is 5.10 Å². The molecular weight excluding hydrogens is 270 g/mol. The quantitative estimate of drug-likeness (QED) is 0.848. The Morgan fingerprint density at radius 3 is 3.06 bits per heavy atom. The highest BCUT2D eigenvalue weighted by Crippen LogP contribution is 2.20. The molecule has 0 radical (unpaired) electrons. The molecule has 0 saturated carbocycles. The minimum absolute atomic E-state index is 0.245. The SMILES string of the molecule is NC1CCN(c2nc3c(Br)cccn3n2)C1. The summed E-state index contributed by atoms with van der Waals surface area (Å²) in [7, 11) is 0. The average molecular weight is 282 g/mol. The fourth-order valence-electron chi connectivity index (χ4n) is 1.97. The van der Waals surface area contributed by atoms with Gasteiger partial charge < -0.3 is 10.6 Å². The van der Waals surface area contributed by atoms with Gasteiger partial charge in [-0.2, -0.15) is 4.98 Å². The van der Waals surface area contributed by atoms with Gasteiger partial charge in [0, 0.05) is 25.3 Å². The Hall–Kier alpha value is -1.14. The average Bonchev–Trinajstić information content (AvgIpc) is 2.84. The summed E-state index contributed by atoms with van der Waals surface area (Å²) in [5.74, 6) is 0.764. The van der Waals surface area contributed by atoms with Crippen LogP contribution < -0.4 is 10.6 Å². The largest absolute Gasteiger partial charge is 0.338 e. The first-order valence-corrected chi connectivity index (χ1v) is 6.05. The smallest absolute Gasteiger partial charge is 0.245 e. The van der Waals surface area contributed by atoms with Crippen LogP contribution in [-0.4, -0.2) is 33.7 Å². The van der Waals surface area contributed by atoms with Crippen LogP contribution in [0.5, 0.6) is 0 Å². The molecule has 1 aliphatic heterocycles. The molecule has 84 valence electrons. The Morgan fingerprint density at radius 1 is 1.50 bits per heavy atom. The van der Waals surface area contributed by atoms with E-state index in [9.17, 15) is 0 Å². The van der Waals surface area contributed by atoms with Crippen molar-refractivity contribution >= 4 is 27.5 Å². The molecule has 1 unspecified atom stereocenters. The topological polar surface area (TPSA) is 59.5 Å². The van der Waals surface area contributed by atoms with Crippen molar-refractivity contribution < 1.29 is 0 Å². The molecule has 0 amide bonds. The zero-order chi connectivity index (χ0) is 11.1. The lowest BCUT2D eigenvalue weighted by molar-refractivity contribution is 0.750. The molecule has 0 aromatic carbocycles. The summed E-state index contributed by atoms with van der Waals surface area (Å²) in [6.07, 6.45) is 2.91. The number of rotatable bonds is 1. The minimum Gasteiger partial charge on any atom is -0.338 e. The fourth-order valence-corrected chi connectivity index (χ4v) is 2.39. The van der Waals surface area contributed by atoms with E-state index in [-0.39, 0.29) is 6.04 Å². The Bertz CT molecular complexity index is 523. The molecule has 1 atom stereocenters. The number of hydrogen-bond acceptors (Lipinski definition) is 4. The zero-order valence-corrected chi connectivity index (χ0v) is 10.3. The van der Waals surface area contributed by atoms with Crippen LogP contribution in [0.2, 0.25) is 0 Å². The highest BCUT2D eigenvalue weighted by molar-refractivity contribution is 9.10. The van der Waals surface area contributed by atoms with Gasteiger partial charge in [-0.25, -0.2) is 4.52 Å². The number of fused-ring (bicyclic) bond motifs is 1. The number of nitrogens with zero attached hydrogens (tertiary/aromatic N) is 4. The van der Waals surface area contributed by atoms with Gasteiger partial charge in [0.25, 0.3) is 0 Å². The van der Waals surface area contributed by atoms with E-state index in [2.05, 4.69) is 30.9 Å². The predicted octanol–water partition coefficient (Wildman–Crippen LogP) is 1.03. The molecule has 5 nitrogen and oxygen atoms in total. The maximum atomic E-state index is 5.87. The highest BCUT2D eigenvalue weighted by atomic mass is 79.9. The summed E-state index contributed by atoms with van der Waals surface area (Å²) in [5, 5.41) is 4.44. The van der Waals surface area contributed by atoms with Crippen molar-refractivity contribution in [1.82, 2.24) is 14.6 Å². The van der Waals surface area contributed by atoms with Gasteiger partial charge in [-0.3, -0.25) is 0 Å². The number of pyridine rings is 1. The maximum absolute atomic E-state index is 5.87. The van der Waals surface area contributed by atoms with Crippen molar-refractivity contribution in [2.45, 2.75) is 12.5 Å². The summed E-state index contributed by atoms with van der Waals surface area (Å²) in [6.45, 7) is 1.78. The number of nitrogens with two attached hydrogens (primary N) is 1. The van der Waals surface area contributed by atoms with Crippen molar-refractivity contribution in [1.29, 1.82) is 0 Å². The third kappa shape index (κ3) is 1.58. The molecule has 6 heteroatoms. The lowest BCUT2D eigenvalue weighted by Crippen LogP contribution is -2.27. The molecule has 1 aliphatic rings. The Labute approximate surface area is 101 Å². The first-order valence-electron chi connectivity index (χ1n) is 5.25. The van der Waals surface area contributed by atoms with Crippen molar-refractivity contribution in [3.8, 4) is 0 Å². The van der Waals surface area contributed by atoms with E-state index < -0.39 is 0 Å². The number of aromatic nitrogens is 3. The number of anilines is 1. The summed E-state index contributed by atoms with van der Waals surface area (Å²) in [4.78, 5) is 6.63. The summed E-state index contributed by atoms with van der Waals surface area (Å²) < 4.78 is 2.74. The second-order valence-corrected chi connectivity index (χ2v) is 4.89. The van der Waals surface area contributed by atoms with E-state index in [1.54, 1.807) is 4.52 Å². The van der Waals surface area contributed by atoms with E-state index in [0.29, 0.717) is 0 Å². The van der Waals surface area contributed by atoms with Crippen LogP contribution in [0.4, 0.5) is 5.95 Å². The monoisotopic (exact) mass is 281 g/mol. The van der Waals surface area contributed by atoms with Crippen molar-refractivity contribution in [2.24, 2.45) is 5.73 Å². The van der Waals surface area contributed by atoms with E-state index >= 15 is 0 Å². The van der Waals surface area contributed by atoms with Crippen LogP contribution >= 0.6 is 15.9 Å². The zero-order valence-electron chi connectivity index (χ0n) is 8.67.